The maximum absolute atomic E-state index is 13.0. The van der Waals surface area contributed by atoms with Gasteiger partial charge in [-0.05, 0) is 68.9 Å². The SMILES string of the molecule is CC(c1ccccn1)N(C(=O)CCc1ccc(S(=O)(=O)N2CCCCC2)cc1)C1CC1. The highest BCUT2D eigenvalue weighted by molar-refractivity contribution is 7.89. The van der Waals surface area contributed by atoms with Gasteiger partial charge in [-0.15, -0.1) is 0 Å². The summed E-state index contributed by atoms with van der Waals surface area (Å²) in [5, 5.41) is 0. The third-order valence-corrected chi connectivity index (χ3v) is 8.18. The van der Waals surface area contributed by atoms with Gasteiger partial charge in [0, 0.05) is 31.7 Å². The molecule has 2 aliphatic rings. The van der Waals surface area contributed by atoms with Gasteiger partial charge in [0.25, 0.3) is 0 Å². The van der Waals surface area contributed by atoms with E-state index < -0.39 is 10.0 Å². The maximum atomic E-state index is 13.0. The van der Waals surface area contributed by atoms with Gasteiger partial charge < -0.3 is 4.90 Å². The fourth-order valence-electron chi connectivity index (χ4n) is 4.32. The Morgan fingerprint density at radius 1 is 1.10 bits per heavy atom. The minimum Gasteiger partial charge on any atom is -0.331 e. The number of carbonyl (C=O) groups is 1. The van der Waals surface area contributed by atoms with Gasteiger partial charge in [0.1, 0.15) is 0 Å². The number of pyridine rings is 1. The van der Waals surface area contributed by atoms with Gasteiger partial charge in [-0.1, -0.05) is 24.6 Å². The Balaban J connectivity index is 1.38. The van der Waals surface area contributed by atoms with Crippen molar-refractivity contribution < 1.29 is 13.2 Å². The molecule has 2 fully saturated rings. The number of piperidine rings is 1. The lowest BCUT2D eigenvalue weighted by Crippen LogP contribution is -2.36. The summed E-state index contributed by atoms with van der Waals surface area (Å²) < 4.78 is 27.2. The zero-order valence-corrected chi connectivity index (χ0v) is 18.9. The molecular weight excluding hydrogens is 410 g/mol. The highest BCUT2D eigenvalue weighted by atomic mass is 32.2. The molecule has 166 valence electrons. The van der Waals surface area contributed by atoms with Crippen molar-refractivity contribution in [2.75, 3.05) is 13.1 Å². The first kappa shape index (κ1) is 22.0. The van der Waals surface area contributed by atoms with Crippen molar-refractivity contribution in [2.45, 2.75) is 68.8 Å². The van der Waals surface area contributed by atoms with Crippen molar-refractivity contribution in [3.8, 4) is 0 Å². The monoisotopic (exact) mass is 441 g/mol. The highest BCUT2D eigenvalue weighted by Crippen LogP contribution is 2.34. The van der Waals surface area contributed by atoms with Gasteiger partial charge in [-0.2, -0.15) is 4.31 Å². The number of amides is 1. The molecule has 1 saturated carbocycles. The van der Waals surface area contributed by atoms with Gasteiger partial charge >= 0.3 is 0 Å². The van der Waals surface area contributed by atoms with Crippen LogP contribution < -0.4 is 0 Å². The largest absolute Gasteiger partial charge is 0.331 e. The van der Waals surface area contributed by atoms with Crippen molar-refractivity contribution in [1.82, 2.24) is 14.2 Å². The number of sulfonamides is 1. The third kappa shape index (κ3) is 5.15. The van der Waals surface area contributed by atoms with E-state index in [2.05, 4.69) is 4.98 Å². The second-order valence-corrected chi connectivity index (χ2v) is 10.5. The molecule has 0 radical (unpaired) electrons. The lowest BCUT2D eigenvalue weighted by atomic mass is 10.1. The number of rotatable bonds is 8. The van der Waals surface area contributed by atoms with Crippen LogP contribution in [0.25, 0.3) is 0 Å². The molecule has 1 atom stereocenters. The standard InChI is InChI=1S/C24H31N3O3S/c1-19(23-7-3-4-16-25-23)27(21-11-12-21)24(28)15-10-20-8-13-22(14-9-20)31(29,30)26-17-5-2-6-18-26/h3-4,7-9,13-14,16,19,21H,2,5-6,10-12,15,17-18H2,1H3. The lowest BCUT2D eigenvalue weighted by Gasteiger charge is -2.29. The van der Waals surface area contributed by atoms with E-state index in [0.29, 0.717) is 36.9 Å². The van der Waals surface area contributed by atoms with E-state index in [1.165, 1.54) is 0 Å². The van der Waals surface area contributed by atoms with Crippen LogP contribution in [0.5, 0.6) is 0 Å². The summed E-state index contributed by atoms with van der Waals surface area (Å²) >= 11 is 0. The summed E-state index contributed by atoms with van der Waals surface area (Å²) in [5.74, 6) is 0.130. The van der Waals surface area contributed by atoms with E-state index in [4.69, 9.17) is 0 Å². The van der Waals surface area contributed by atoms with Crippen molar-refractivity contribution >= 4 is 15.9 Å². The summed E-state index contributed by atoms with van der Waals surface area (Å²) in [6.07, 6.45) is 7.81. The molecule has 1 aromatic heterocycles. The Bertz CT molecular complexity index is 982. The Labute approximate surface area is 185 Å². The third-order valence-electron chi connectivity index (χ3n) is 6.27. The predicted octanol–water partition coefficient (Wildman–Crippen LogP) is 3.94. The molecule has 1 amide bonds. The summed E-state index contributed by atoms with van der Waals surface area (Å²) in [6.45, 7) is 3.24. The molecule has 0 spiro atoms. The number of benzene rings is 1. The van der Waals surface area contributed by atoms with E-state index in [1.54, 1.807) is 22.6 Å². The normalized spacial score (nSPS) is 18.5. The van der Waals surface area contributed by atoms with Crippen LogP contribution >= 0.6 is 0 Å². The zero-order valence-electron chi connectivity index (χ0n) is 18.1. The van der Waals surface area contributed by atoms with E-state index in [9.17, 15) is 13.2 Å². The van der Waals surface area contributed by atoms with Gasteiger partial charge in [0.15, 0.2) is 0 Å². The number of nitrogens with zero attached hydrogens (tertiary/aromatic N) is 3. The summed E-state index contributed by atoms with van der Waals surface area (Å²) in [7, 11) is -3.42. The maximum Gasteiger partial charge on any atom is 0.243 e. The van der Waals surface area contributed by atoms with E-state index in [-0.39, 0.29) is 11.9 Å². The lowest BCUT2D eigenvalue weighted by molar-refractivity contribution is -0.134. The molecule has 7 heteroatoms. The minimum atomic E-state index is -3.42. The molecule has 1 aliphatic carbocycles. The van der Waals surface area contributed by atoms with Crippen LogP contribution in [0.3, 0.4) is 0 Å². The first-order valence-electron chi connectivity index (χ1n) is 11.3. The first-order valence-corrected chi connectivity index (χ1v) is 12.7. The second kappa shape index (κ2) is 9.49. The first-order chi connectivity index (χ1) is 15.0. The van der Waals surface area contributed by atoms with Crippen LogP contribution in [0.1, 0.15) is 62.7 Å². The topological polar surface area (TPSA) is 70.6 Å². The van der Waals surface area contributed by atoms with Crippen LogP contribution in [0.15, 0.2) is 53.6 Å². The fraction of sp³-hybridized carbons (Fsp3) is 0.500. The quantitative estimate of drug-likeness (QED) is 0.622. The summed E-state index contributed by atoms with van der Waals surface area (Å²) in [5.41, 5.74) is 1.89. The molecule has 31 heavy (non-hydrogen) atoms. The summed E-state index contributed by atoms with van der Waals surface area (Å²) in [4.78, 5) is 19.8. The van der Waals surface area contributed by atoms with Crippen LogP contribution in [0.4, 0.5) is 0 Å². The number of carbonyl (C=O) groups excluding carboxylic acids is 1. The molecule has 0 N–H and O–H groups in total. The van der Waals surface area contributed by atoms with Gasteiger partial charge in [-0.25, -0.2) is 8.42 Å². The average molecular weight is 442 g/mol. The molecule has 4 rings (SSSR count). The van der Waals surface area contributed by atoms with Crippen LogP contribution in [0, 0.1) is 0 Å². The van der Waals surface area contributed by atoms with Crippen LogP contribution in [-0.2, 0) is 21.2 Å². The summed E-state index contributed by atoms with van der Waals surface area (Å²) in [6, 6.07) is 13.1. The molecule has 2 aromatic rings. The van der Waals surface area contributed by atoms with E-state index in [0.717, 1.165) is 43.4 Å². The Morgan fingerprint density at radius 3 is 2.42 bits per heavy atom. The van der Waals surface area contributed by atoms with Crippen molar-refractivity contribution in [1.29, 1.82) is 0 Å². The highest BCUT2D eigenvalue weighted by Gasteiger charge is 2.36. The molecule has 2 heterocycles. The molecule has 1 unspecified atom stereocenters. The van der Waals surface area contributed by atoms with Crippen molar-refractivity contribution in [2.24, 2.45) is 0 Å². The van der Waals surface area contributed by atoms with Crippen LogP contribution in [0.2, 0.25) is 0 Å². The Kier molecular flexibility index (Phi) is 6.72. The minimum absolute atomic E-state index is 0.0433. The average Bonchev–Trinajstić information content (AvgIpc) is 3.64. The smallest absolute Gasteiger partial charge is 0.243 e. The number of aryl methyl sites for hydroxylation is 1. The molecule has 1 aliphatic heterocycles. The molecule has 1 saturated heterocycles. The van der Waals surface area contributed by atoms with Crippen molar-refractivity contribution in [3.63, 3.8) is 0 Å². The fourth-order valence-corrected chi connectivity index (χ4v) is 5.83. The van der Waals surface area contributed by atoms with E-state index >= 15 is 0 Å². The number of hydrogen-bond acceptors (Lipinski definition) is 4. The predicted molar refractivity (Wildman–Crippen MR) is 120 cm³/mol. The molecule has 0 bridgehead atoms. The van der Waals surface area contributed by atoms with Crippen LogP contribution in [-0.4, -0.2) is 47.6 Å². The molecular formula is C24H31N3O3S. The molecule has 6 nitrogen and oxygen atoms in total. The Hall–Kier alpha value is -2.25. The Morgan fingerprint density at radius 2 is 1.81 bits per heavy atom. The zero-order chi connectivity index (χ0) is 21.8. The number of aromatic nitrogens is 1. The van der Waals surface area contributed by atoms with Gasteiger partial charge in [0.05, 0.1) is 16.6 Å². The second-order valence-electron chi connectivity index (χ2n) is 8.57. The molecule has 1 aromatic carbocycles. The number of hydrogen-bond donors (Lipinski definition) is 0. The van der Waals surface area contributed by atoms with Crippen molar-refractivity contribution in [3.05, 3.63) is 59.9 Å². The van der Waals surface area contributed by atoms with Gasteiger partial charge in [-0.3, -0.25) is 9.78 Å². The van der Waals surface area contributed by atoms with E-state index in [1.807, 2.05) is 42.2 Å². The van der Waals surface area contributed by atoms with Gasteiger partial charge in [0.2, 0.25) is 15.9 Å².